The Morgan fingerprint density at radius 2 is 1.95 bits per heavy atom. The molecular weight excluding hydrogens is 296 g/mol. The molecule has 21 heavy (non-hydrogen) atoms. The summed E-state index contributed by atoms with van der Waals surface area (Å²) in [7, 11) is -3.86. The minimum Gasteiger partial charge on any atom is -0.388 e. The van der Waals surface area contributed by atoms with Crippen molar-refractivity contribution in [1.82, 2.24) is 4.72 Å². The minimum absolute atomic E-state index is 0.0745. The first-order chi connectivity index (χ1) is 10.0. The molecule has 112 valence electrons. The highest BCUT2D eigenvalue weighted by Gasteiger charge is 2.48. The number of ether oxygens (including phenoxy) is 2. The van der Waals surface area contributed by atoms with Gasteiger partial charge in [0.2, 0.25) is 10.0 Å². The van der Waals surface area contributed by atoms with Crippen LogP contribution in [0.1, 0.15) is 5.56 Å². The summed E-state index contributed by atoms with van der Waals surface area (Å²) in [6, 6.07) is 7.25. The predicted molar refractivity (Wildman–Crippen MR) is 70.8 cm³/mol. The van der Waals surface area contributed by atoms with E-state index in [1.54, 1.807) is 12.1 Å². The van der Waals surface area contributed by atoms with Gasteiger partial charge in [0.15, 0.2) is 0 Å². The van der Waals surface area contributed by atoms with Gasteiger partial charge in [-0.2, -0.15) is 5.26 Å². The molecule has 7 nitrogen and oxygen atoms in total. The zero-order chi connectivity index (χ0) is 15.0. The van der Waals surface area contributed by atoms with Gasteiger partial charge in [0, 0.05) is 0 Å². The lowest BCUT2D eigenvalue weighted by Gasteiger charge is -2.17. The van der Waals surface area contributed by atoms with Crippen LogP contribution in [0.5, 0.6) is 0 Å². The van der Waals surface area contributed by atoms with Crippen molar-refractivity contribution < 1.29 is 23.0 Å². The van der Waals surface area contributed by atoms with E-state index in [9.17, 15) is 13.5 Å². The Morgan fingerprint density at radius 1 is 1.24 bits per heavy atom. The fourth-order valence-electron chi connectivity index (χ4n) is 2.64. The average molecular weight is 310 g/mol. The van der Waals surface area contributed by atoms with Crippen LogP contribution < -0.4 is 4.72 Å². The number of nitrogens with zero attached hydrogens (tertiary/aromatic N) is 1. The summed E-state index contributed by atoms with van der Waals surface area (Å²) in [6.45, 7) is 0.253. The minimum atomic E-state index is -3.86. The highest BCUT2D eigenvalue weighted by atomic mass is 32.2. The molecule has 2 heterocycles. The Balaban J connectivity index is 1.83. The SMILES string of the molecule is N#Cc1ccccc1S(=O)(=O)N[C@@H]1CO[C@@H]2[C@@H]1OC[C@H]2O. The molecule has 3 rings (SSSR count). The lowest BCUT2D eigenvalue weighted by atomic mass is 10.1. The van der Waals surface area contributed by atoms with Gasteiger partial charge in [0.25, 0.3) is 0 Å². The summed E-state index contributed by atoms with van der Waals surface area (Å²) in [5.41, 5.74) is 0.0767. The molecule has 1 aromatic rings. The summed E-state index contributed by atoms with van der Waals surface area (Å²) < 4.78 is 38.0. The molecule has 0 aliphatic carbocycles. The van der Waals surface area contributed by atoms with E-state index in [1.807, 2.05) is 6.07 Å². The van der Waals surface area contributed by atoms with Crippen molar-refractivity contribution in [2.24, 2.45) is 0 Å². The zero-order valence-electron chi connectivity index (χ0n) is 11.0. The van der Waals surface area contributed by atoms with Crippen LogP contribution in [0.4, 0.5) is 0 Å². The van der Waals surface area contributed by atoms with Gasteiger partial charge in [-0.3, -0.25) is 0 Å². The summed E-state index contributed by atoms with van der Waals surface area (Å²) in [5, 5.41) is 18.6. The molecule has 0 saturated carbocycles. The largest absolute Gasteiger partial charge is 0.388 e. The monoisotopic (exact) mass is 310 g/mol. The molecule has 0 aromatic heterocycles. The van der Waals surface area contributed by atoms with Crippen LogP contribution in [-0.2, 0) is 19.5 Å². The molecule has 0 bridgehead atoms. The van der Waals surface area contributed by atoms with Gasteiger partial charge in [-0.05, 0) is 12.1 Å². The predicted octanol–water partition coefficient (Wildman–Crippen LogP) is -0.636. The Bertz CT molecular complexity index is 684. The second-order valence-corrected chi connectivity index (χ2v) is 6.68. The smallest absolute Gasteiger partial charge is 0.242 e. The molecular formula is C13H14N2O5S. The Kier molecular flexibility index (Phi) is 3.69. The van der Waals surface area contributed by atoms with Gasteiger partial charge in [-0.1, -0.05) is 12.1 Å². The number of hydrogen-bond donors (Lipinski definition) is 2. The highest BCUT2D eigenvalue weighted by molar-refractivity contribution is 7.89. The van der Waals surface area contributed by atoms with Crippen LogP contribution in [0, 0.1) is 11.3 Å². The molecule has 0 amide bonds. The number of aliphatic hydroxyl groups excluding tert-OH is 1. The summed E-state index contributed by atoms with van der Waals surface area (Å²) in [5.74, 6) is 0. The van der Waals surface area contributed by atoms with Gasteiger partial charge < -0.3 is 14.6 Å². The van der Waals surface area contributed by atoms with Crippen LogP contribution in [0.2, 0.25) is 0 Å². The topological polar surface area (TPSA) is 109 Å². The fraction of sp³-hybridized carbons (Fsp3) is 0.462. The van der Waals surface area contributed by atoms with Crippen molar-refractivity contribution >= 4 is 10.0 Å². The van der Waals surface area contributed by atoms with Crippen LogP contribution in [0.25, 0.3) is 0 Å². The quantitative estimate of drug-likeness (QED) is 0.769. The standard InChI is InChI=1S/C13H14N2O5S/c14-5-8-3-1-2-4-11(8)21(17,18)15-9-6-19-13-10(16)7-20-12(9)13/h1-4,9-10,12-13,15-16H,6-7H2/t9-,10-,12-,13+/m1/s1. The number of fused-ring (bicyclic) bond motifs is 1. The van der Waals surface area contributed by atoms with E-state index in [4.69, 9.17) is 14.7 Å². The van der Waals surface area contributed by atoms with E-state index in [-0.39, 0.29) is 23.7 Å². The van der Waals surface area contributed by atoms with Crippen molar-refractivity contribution in [3.05, 3.63) is 29.8 Å². The normalized spacial score (nSPS) is 31.8. The summed E-state index contributed by atoms with van der Waals surface area (Å²) >= 11 is 0. The third kappa shape index (κ3) is 2.54. The third-order valence-electron chi connectivity index (χ3n) is 3.63. The first-order valence-electron chi connectivity index (χ1n) is 6.45. The molecule has 0 radical (unpaired) electrons. The van der Waals surface area contributed by atoms with E-state index in [0.717, 1.165) is 0 Å². The van der Waals surface area contributed by atoms with Crippen LogP contribution in [0.3, 0.4) is 0 Å². The second-order valence-electron chi connectivity index (χ2n) is 5.00. The number of aliphatic hydroxyl groups is 1. The number of nitriles is 1. The zero-order valence-corrected chi connectivity index (χ0v) is 11.8. The number of rotatable bonds is 3. The number of hydrogen-bond acceptors (Lipinski definition) is 6. The van der Waals surface area contributed by atoms with Gasteiger partial charge in [0.05, 0.1) is 29.7 Å². The Morgan fingerprint density at radius 3 is 2.71 bits per heavy atom. The van der Waals surface area contributed by atoms with Gasteiger partial charge >= 0.3 is 0 Å². The average Bonchev–Trinajstić information content (AvgIpc) is 3.03. The number of sulfonamides is 1. The molecule has 2 saturated heterocycles. The van der Waals surface area contributed by atoms with Gasteiger partial charge in [0.1, 0.15) is 24.4 Å². The van der Waals surface area contributed by atoms with Gasteiger partial charge in [-0.25, -0.2) is 13.1 Å². The van der Waals surface area contributed by atoms with Crippen LogP contribution in [-0.4, -0.2) is 51.1 Å². The van der Waals surface area contributed by atoms with Crippen molar-refractivity contribution in [1.29, 1.82) is 5.26 Å². The first kappa shape index (κ1) is 14.4. The summed E-state index contributed by atoms with van der Waals surface area (Å²) in [6.07, 6.45) is -1.76. The fourth-order valence-corrected chi connectivity index (χ4v) is 4.02. The van der Waals surface area contributed by atoms with E-state index >= 15 is 0 Å². The first-order valence-corrected chi connectivity index (χ1v) is 7.94. The molecule has 4 atom stereocenters. The molecule has 2 fully saturated rings. The molecule has 8 heteroatoms. The molecule has 2 aliphatic rings. The molecule has 0 spiro atoms. The lowest BCUT2D eigenvalue weighted by Crippen LogP contribution is -2.44. The molecule has 1 aromatic carbocycles. The third-order valence-corrected chi connectivity index (χ3v) is 5.18. The molecule has 2 aliphatic heterocycles. The number of nitrogens with one attached hydrogen (secondary N) is 1. The van der Waals surface area contributed by atoms with Crippen molar-refractivity contribution in [2.45, 2.75) is 29.2 Å². The van der Waals surface area contributed by atoms with E-state index in [1.165, 1.54) is 12.1 Å². The maximum Gasteiger partial charge on any atom is 0.242 e. The van der Waals surface area contributed by atoms with Crippen LogP contribution in [0.15, 0.2) is 29.2 Å². The Labute approximate surface area is 122 Å². The number of benzene rings is 1. The molecule has 2 N–H and O–H groups in total. The highest BCUT2D eigenvalue weighted by Crippen LogP contribution is 2.28. The van der Waals surface area contributed by atoms with Crippen molar-refractivity contribution in [3.63, 3.8) is 0 Å². The van der Waals surface area contributed by atoms with Crippen LogP contribution >= 0.6 is 0 Å². The maximum atomic E-state index is 12.4. The van der Waals surface area contributed by atoms with E-state index in [0.29, 0.717) is 0 Å². The van der Waals surface area contributed by atoms with E-state index in [2.05, 4.69) is 4.72 Å². The van der Waals surface area contributed by atoms with Gasteiger partial charge in [-0.15, -0.1) is 0 Å². The Hall–Kier alpha value is -1.50. The second kappa shape index (κ2) is 5.36. The van der Waals surface area contributed by atoms with E-state index < -0.39 is 34.4 Å². The van der Waals surface area contributed by atoms with Crippen molar-refractivity contribution in [2.75, 3.05) is 13.2 Å². The molecule has 0 unspecified atom stereocenters. The summed E-state index contributed by atoms with van der Waals surface area (Å²) in [4.78, 5) is -0.0745. The maximum absolute atomic E-state index is 12.4. The van der Waals surface area contributed by atoms with Crippen molar-refractivity contribution in [3.8, 4) is 6.07 Å². The lowest BCUT2D eigenvalue weighted by molar-refractivity contribution is 0.0181.